The monoisotopic (exact) mass is 1620 g/mol. The number of hydrogen-bond donors (Lipinski definition) is 0. The molecule has 8 aliphatic rings. The van der Waals surface area contributed by atoms with E-state index >= 15 is 0 Å². The van der Waals surface area contributed by atoms with Crippen LogP contribution in [0.15, 0.2) is 297 Å². The summed E-state index contributed by atoms with van der Waals surface area (Å²) in [5.74, 6) is 1.99. The van der Waals surface area contributed by atoms with Crippen LogP contribution in [0.1, 0.15) is 171 Å². The molecule has 3 aromatic heterocycles. The molecule has 0 N–H and O–H groups in total. The Bertz CT molecular complexity index is 6610. The molecule has 16 aromatic rings. The molecule has 0 radical (unpaired) electrons. The van der Waals surface area contributed by atoms with Crippen LogP contribution in [0.5, 0.6) is 11.5 Å². The van der Waals surface area contributed by atoms with Gasteiger partial charge < -0.3 is 13.9 Å². The number of hydrogen-bond acceptors (Lipinski definition) is 2. The molecule has 2 spiro atoms. The van der Waals surface area contributed by atoms with Crippen molar-refractivity contribution < 1.29 is 30.4 Å². The fraction of sp³-hybridized carbons (Fsp3) is 0.208. The molecule has 544 valence electrons. The van der Waals surface area contributed by atoms with Gasteiger partial charge in [-0.05, 0) is 152 Å². The van der Waals surface area contributed by atoms with Gasteiger partial charge in [0.05, 0.1) is 16.7 Å². The van der Waals surface area contributed by atoms with Gasteiger partial charge in [-0.2, -0.15) is 18.2 Å². The summed E-state index contributed by atoms with van der Waals surface area (Å²) in [6.45, 7) is 27.8. The summed E-state index contributed by atoms with van der Waals surface area (Å²) in [5.41, 5.74) is 30.7. The molecular weight excluding hydrogens is 1540 g/mol. The molecule has 112 heavy (non-hydrogen) atoms. The first kappa shape index (κ1) is 66.5. The van der Waals surface area contributed by atoms with Gasteiger partial charge in [-0.25, -0.2) is 4.98 Å². The minimum absolute atomic E-state index is 0. The molecule has 0 aliphatic heterocycles. The van der Waals surface area contributed by atoms with Crippen molar-refractivity contribution in [2.24, 2.45) is 10.8 Å². The minimum atomic E-state index is -0.458. The molecule has 24 rings (SSSR count). The van der Waals surface area contributed by atoms with Crippen LogP contribution in [0.3, 0.4) is 0 Å². The number of nitrogens with zero attached hydrogens (tertiary/aromatic N) is 4. The second-order valence-electron chi connectivity index (χ2n) is 35.8. The summed E-state index contributed by atoms with van der Waals surface area (Å²) in [6.07, 6.45) is 6.06. The van der Waals surface area contributed by atoms with Crippen molar-refractivity contribution >= 4 is 32.8 Å². The number of pyridine rings is 1. The zero-order chi connectivity index (χ0) is 74.9. The second-order valence-corrected chi connectivity index (χ2v) is 35.8. The zero-order valence-corrected chi connectivity index (χ0v) is 67.1. The summed E-state index contributed by atoms with van der Waals surface area (Å²) in [6, 6.07) is 119. The third-order valence-corrected chi connectivity index (χ3v) is 31.3. The van der Waals surface area contributed by atoms with Crippen molar-refractivity contribution in [3.8, 4) is 50.9 Å². The van der Waals surface area contributed by atoms with E-state index in [-0.39, 0.29) is 59.0 Å². The van der Waals surface area contributed by atoms with E-state index in [2.05, 4.69) is 387 Å². The van der Waals surface area contributed by atoms with E-state index in [4.69, 9.17) is 9.72 Å². The molecule has 0 saturated heterocycles. The van der Waals surface area contributed by atoms with Crippen LogP contribution in [0.25, 0.3) is 72.3 Å². The Balaban J connectivity index is 0.00000748. The minimum Gasteiger partial charge on any atom is -0.510 e. The summed E-state index contributed by atoms with van der Waals surface area (Å²) in [4.78, 5) is 4.98. The van der Waals surface area contributed by atoms with Crippen LogP contribution in [0, 0.1) is 29.3 Å². The van der Waals surface area contributed by atoms with Gasteiger partial charge in [0, 0.05) is 98.4 Å². The molecule has 0 bridgehead atoms. The fourth-order valence-electron chi connectivity index (χ4n) is 28.2. The maximum absolute atomic E-state index is 6.99. The van der Waals surface area contributed by atoms with Crippen molar-refractivity contribution in [2.75, 3.05) is 0 Å². The first-order valence-electron chi connectivity index (χ1n) is 39.8. The standard InChI is InChI=1S/C106H82N4O.Pt/c1-96(2,3)66-56-57-107-94(60-66)110-90-47-25-12-32-72(90)73-53-52-69(62-93(73)110)111-68-31-28-30-67(61-68)108-63-109(92-49-27-26-48-91(92)108)95-70(64-50-54-86-88(58-64)103(10)84-45-23-21-43-82(84)99(6)76-37-15-13-35-74(76)97(4)78-39-17-19-41-80(78)101(86,8)105(97,99)103)33-29-34-71(95)65-51-55-87-89(59-65)104(11)85-46-24-22-44-83(85)100(7)77-38-16-14-36-75(77)98(5)79-40-18-20-42-81(79)102(87,9)106(98,100)104;/h12-60H,1-11H3;/q-2;. The molecule has 10 unspecified atom stereocenters. The normalized spacial score (nSPS) is 27.3. The van der Waals surface area contributed by atoms with Gasteiger partial charge in [-0.15, -0.1) is 29.7 Å². The van der Waals surface area contributed by atoms with Gasteiger partial charge in [0.1, 0.15) is 5.82 Å². The molecule has 13 aromatic carbocycles. The van der Waals surface area contributed by atoms with Crippen LogP contribution < -0.4 is 9.30 Å². The van der Waals surface area contributed by atoms with E-state index in [0.717, 1.165) is 61.2 Å². The van der Waals surface area contributed by atoms with Crippen LogP contribution >= 0.6 is 0 Å². The predicted octanol–water partition coefficient (Wildman–Crippen LogP) is 23.4. The van der Waals surface area contributed by atoms with E-state index in [1.54, 1.807) is 0 Å². The molecule has 0 saturated carbocycles. The Morgan fingerprint density at radius 1 is 0.348 bits per heavy atom. The molecule has 10 atom stereocenters. The number of benzene rings is 13. The third-order valence-electron chi connectivity index (χ3n) is 31.3. The quantitative estimate of drug-likeness (QED) is 0.118. The molecule has 6 heteroatoms. The Kier molecular flexibility index (Phi) is 12.7. The molecule has 0 amide bonds. The first-order chi connectivity index (χ1) is 53.7. The number of imidazole rings is 1. The van der Waals surface area contributed by atoms with E-state index < -0.39 is 21.7 Å². The largest absolute Gasteiger partial charge is 0.510 e. The Morgan fingerprint density at radius 3 is 1.18 bits per heavy atom. The van der Waals surface area contributed by atoms with E-state index in [9.17, 15) is 0 Å². The fourth-order valence-corrected chi connectivity index (χ4v) is 28.2. The van der Waals surface area contributed by atoms with Crippen LogP contribution in [-0.4, -0.2) is 14.1 Å². The summed E-state index contributed by atoms with van der Waals surface area (Å²) in [5, 5.41) is 2.21. The molecule has 3 heterocycles. The maximum Gasteiger partial charge on any atom is 0.268 e. The van der Waals surface area contributed by atoms with E-state index in [0.29, 0.717) is 11.5 Å². The van der Waals surface area contributed by atoms with Crippen molar-refractivity contribution in [3.05, 3.63) is 410 Å². The third kappa shape index (κ3) is 6.83. The van der Waals surface area contributed by atoms with Crippen molar-refractivity contribution in [3.63, 3.8) is 0 Å². The van der Waals surface area contributed by atoms with Crippen LogP contribution in [0.4, 0.5) is 0 Å². The van der Waals surface area contributed by atoms with Crippen LogP contribution in [0.2, 0.25) is 0 Å². The summed E-state index contributed by atoms with van der Waals surface area (Å²) in [7, 11) is 0. The second kappa shape index (κ2) is 21.3. The van der Waals surface area contributed by atoms with Crippen molar-refractivity contribution in [1.82, 2.24) is 14.1 Å². The molecule has 0 fully saturated rings. The maximum atomic E-state index is 6.99. The predicted molar refractivity (Wildman–Crippen MR) is 445 cm³/mol. The van der Waals surface area contributed by atoms with E-state index in [1.165, 1.54) is 106 Å². The first-order valence-corrected chi connectivity index (χ1v) is 39.8. The van der Waals surface area contributed by atoms with E-state index in [1.807, 2.05) is 18.3 Å². The Labute approximate surface area is 669 Å². The topological polar surface area (TPSA) is 35.9 Å². The van der Waals surface area contributed by atoms with Gasteiger partial charge in [-0.1, -0.05) is 324 Å². The Hall–Kier alpha value is -11.2. The molecular formula is C106H82N4OPt-2. The van der Waals surface area contributed by atoms with Crippen LogP contribution in [-0.2, 0) is 69.8 Å². The number of rotatable bonds is 7. The Morgan fingerprint density at radius 2 is 0.732 bits per heavy atom. The zero-order valence-electron chi connectivity index (χ0n) is 64.8. The SMILES string of the molecule is CC(C)(C)c1ccnc(-n2c3[c-]c(Oc4[c-]c(-n5[c-][n+](-c6c(-c7ccc8c(c7)C7(C)c9ccccc9C9(C)c%10ccccc%10C%10(C)c%11ccccc%11C8(C)C%1097)cccc6-c6ccc7c(c6)C6(C)c8ccccc8C8(C)c9ccccc9C9(C)c%10ccccc%10C7(C)C986)c6ccccc65)ccc4)ccc3c3ccccc32)c1.[Pt]. The average Bonchev–Trinajstić information content (AvgIpc) is 1.41. The summed E-state index contributed by atoms with van der Waals surface area (Å²) >= 11 is 0. The number of fused-ring (bicyclic) bond motifs is 28. The van der Waals surface area contributed by atoms with Gasteiger partial charge in [0.15, 0.2) is 0 Å². The van der Waals surface area contributed by atoms with Crippen molar-refractivity contribution in [1.29, 1.82) is 0 Å². The van der Waals surface area contributed by atoms with Gasteiger partial charge in [-0.3, -0.25) is 4.57 Å². The number of para-hydroxylation sites is 4. The van der Waals surface area contributed by atoms with Gasteiger partial charge in [0.2, 0.25) is 0 Å². The van der Waals surface area contributed by atoms with Crippen molar-refractivity contribution in [2.45, 2.75) is 125 Å². The molecule has 8 aliphatic carbocycles. The van der Waals surface area contributed by atoms with Gasteiger partial charge in [0.25, 0.3) is 6.33 Å². The molecule has 5 nitrogen and oxygen atoms in total. The summed E-state index contributed by atoms with van der Waals surface area (Å²) < 4.78 is 13.8. The smallest absolute Gasteiger partial charge is 0.268 e. The van der Waals surface area contributed by atoms with Gasteiger partial charge >= 0.3 is 0 Å². The number of aromatic nitrogens is 4. The number of ether oxygens (including phenoxy) is 1. The average molecular weight is 1620 g/mol.